The first-order valence-corrected chi connectivity index (χ1v) is 13.4. The molecule has 192 valence electrons. The average Bonchev–Trinajstić information content (AvgIpc) is 3.65. The highest BCUT2D eigenvalue weighted by Crippen LogP contribution is 2.42. The zero-order valence-corrected chi connectivity index (χ0v) is 22.2. The third-order valence-corrected chi connectivity index (χ3v) is 7.66. The van der Waals surface area contributed by atoms with Crippen LogP contribution in [0.1, 0.15) is 66.8 Å². The maximum atomic E-state index is 14.3. The van der Waals surface area contributed by atoms with Gasteiger partial charge in [-0.3, -0.25) is 14.5 Å². The van der Waals surface area contributed by atoms with Gasteiger partial charge >= 0.3 is 0 Å². The van der Waals surface area contributed by atoms with Crippen molar-refractivity contribution in [1.82, 2.24) is 9.47 Å². The van der Waals surface area contributed by atoms with Crippen LogP contribution in [0.4, 0.5) is 5.69 Å². The number of carbonyl (C=O) groups excluding carboxylic acids is 2. The molecule has 5 heteroatoms. The van der Waals surface area contributed by atoms with E-state index in [1.54, 1.807) is 4.90 Å². The third-order valence-electron chi connectivity index (χ3n) is 7.66. The first kappa shape index (κ1) is 24.2. The van der Waals surface area contributed by atoms with E-state index >= 15 is 0 Å². The number of fused-ring (bicyclic) bond motifs is 3. The van der Waals surface area contributed by atoms with E-state index in [-0.39, 0.29) is 35.9 Å². The predicted octanol–water partition coefficient (Wildman–Crippen LogP) is 6.52. The highest BCUT2D eigenvalue weighted by molar-refractivity contribution is 6.03. The molecule has 1 fully saturated rings. The minimum atomic E-state index is -0.282. The fraction of sp³-hybridized carbons (Fsp3) is 0.273. The quantitative estimate of drug-likeness (QED) is 0.311. The van der Waals surface area contributed by atoms with Gasteiger partial charge in [0.25, 0.3) is 5.91 Å². The summed E-state index contributed by atoms with van der Waals surface area (Å²) in [6.45, 7) is 6.53. The molecule has 5 nitrogen and oxygen atoms in total. The van der Waals surface area contributed by atoms with Crippen molar-refractivity contribution >= 4 is 17.5 Å². The lowest BCUT2D eigenvalue weighted by atomic mass is 9.86. The van der Waals surface area contributed by atoms with Crippen LogP contribution in [-0.4, -0.2) is 33.9 Å². The van der Waals surface area contributed by atoms with Crippen LogP contribution < -0.4 is 4.90 Å². The van der Waals surface area contributed by atoms with E-state index in [0.717, 1.165) is 35.5 Å². The number of para-hydroxylation sites is 2. The predicted molar refractivity (Wildman–Crippen MR) is 151 cm³/mol. The summed E-state index contributed by atoms with van der Waals surface area (Å²) in [6, 6.07) is 29.9. The molecule has 2 amide bonds. The molecule has 3 aromatic carbocycles. The maximum Gasteiger partial charge on any atom is 0.254 e. The van der Waals surface area contributed by atoms with E-state index in [1.165, 1.54) is 5.56 Å². The lowest BCUT2D eigenvalue weighted by Crippen LogP contribution is -2.47. The fourth-order valence-electron chi connectivity index (χ4n) is 5.47. The molecule has 0 radical (unpaired) electrons. The number of rotatable bonds is 5. The van der Waals surface area contributed by atoms with Crippen LogP contribution in [0.15, 0.2) is 97.2 Å². The largest absolute Gasteiger partial charge is 0.326 e. The van der Waals surface area contributed by atoms with Crippen LogP contribution in [-0.2, 0) is 10.2 Å². The first-order valence-electron chi connectivity index (χ1n) is 13.4. The molecule has 1 unspecified atom stereocenters. The molecule has 1 aliphatic carbocycles. The summed E-state index contributed by atoms with van der Waals surface area (Å²) >= 11 is 0. The van der Waals surface area contributed by atoms with E-state index in [2.05, 4.69) is 43.5 Å². The van der Waals surface area contributed by atoms with E-state index in [1.807, 2.05) is 83.9 Å². The smallest absolute Gasteiger partial charge is 0.254 e. The van der Waals surface area contributed by atoms with Crippen molar-refractivity contribution in [3.05, 3.63) is 120 Å². The third kappa shape index (κ3) is 4.32. The SMILES string of the molecule is CC(C)(C)c1ccc(C(=O)N(CC(=O)N2c3ccccc3-n3cccc3C2c2ccccc2)C2CC2)cc1. The zero-order valence-electron chi connectivity index (χ0n) is 22.2. The Morgan fingerprint density at radius 3 is 2.13 bits per heavy atom. The average molecular weight is 504 g/mol. The lowest BCUT2D eigenvalue weighted by molar-refractivity contribution is -0.119. The number of anilines is 1. The molecule has 6 rings (SSSR count). The molecular weight excluding hydrogens is 470 g/mol. The van der Waals surface area contributed by atoms with E-state index in [4.69, 9.17) is 0 Å². The standard InChI is InChI=1S/C33H33N3O2/c1-33(2,3)25-17-15-24(16-18-25)32(38)35(26-19-20-26)22-30(37)36-28-13-8-7-12-27(28)34-21-9-14-29(34)31(36)23-10-5-4-6-11-23/h4-18,21,26,31H,19-20,22H2,1-3H3. The lowest BCUT2D eigenvalue weighted by Gasteiger charge is -2.39. The number of amides is 2. The molecule has 0 N–H and O–H groups in total. The van der Waals surface area contributed by atoms with Crippen molar-refractivity contribution < 1.29 is 9.59 Å². The Labute approximate surface area is 224 Å². The zero-order chi connectivity index (χ0) is 26.4. The van der Waals surface area contributed by atoms with Crippen LogP contribution in [0.25, 0.3) is 5.69 Å². The number of hydrogen-bond donors (Lipinski definition) is 0. The molecule has 0 bridgehead atoms. The summed E-state index contributed by atoms with van der Waals surface area (Å²) in [5, 5.41) is 0. The Bertz CT molecular complexity index is 1480. The molecule has 1 aliphatic heterocycles. The highest BCUT2D eigenvalue weighted by atomic mass is 16.2. The van der Waals surface area contributed by atoms with Crippen molar-refractivity contribution in [3.8, 4) is 5.69 Å². The van der Waals surface area contributed by atoms with Gasteiger partial charge in [0.15, 0.2) is 0 Å². The monoisotopic (exact) mass is 503 g/mol. The van der Waals surface area contributed by atoms with Crippen LogP contribution in [0.2, 0.25) is 0 Å². The van der Waals surface area contributed by atoms with E-state index in [9.17, 15) is 9.59 Å². The fourth-order valence-corrected chi connectivity index (χ4v) is 5.47. The van der Waals surface area contributed by atoms with Crippen molar-refractivity contribution in [2.45, 2.75) is 51.1 Å². The van der Waals surface area contributed by atoms with Crippen molar-refractivity contribution in [1.29, 1.82) is 0 Å². The number of carbonyl (C=O) groups is 2. The Hall–Kier alpha value is -4.12. The van der Waals surface area contributed by atoms with Crippen molar-refractivity contribution in [3.63, 3.8) is 0 Å². The van der Waals surface area contributed by atoms with Crippen LogP contribution in [0.5, 0.6) is 0 Å². The van der Waals surface area contributed by atoms with Crippen molar-refractivity contribution in [2.24, 2.45) is 0 Å². The minimum absolute atomic E-state index is 0.0134. The first-order chi connectivity index (χ1) is 18.3. The number of nitrogens with zero attached hydrogens (tertiary/aromatic N) is 3. The summed E-state index contributed by atoms with van der Waals surface area (Å²) in [4.78, 5) is 31.7. The van der Waals surface area contributed by atoms with E-state index in [0.29, 0.717) is 5.56 Å². The van der Waals surface area contributed by atoms with Gasteiger partial charge in [-0.1, -0.05) is 75.4 Å². The number of aromatic nitrogens is 1. The number of hydrogen-bond acceptors (Lipinski definition) is 2. The van der Waals surface area contributed by atoms with Crippen LogP contribution in [0.3, 0.4) is 0 Å². The molecule has 2 heterocycles. The van der Waals surface area contributed by atoms with Gasteiger partial charge in [-0.2, -0.15) is 0 Å². The molecule has 4 aromatic rings. The van der Waals surface area contributed by atoms with Crippen LogP contribution in [0, 0.1) is 0 Å². The Morgan fingerprint density at radius 2 is 1.47 bits per heavy atom. The maximum absolute atomic E-state index is 14.3. The van der Waals surface area contributed by atoms with Gasteiger partial charge in [-0.05, 0) is 65.8 Å². The molecular formula is C33H33N3O2. The second kappa shape index (κ2) is 9.32. The molecule has 0 spiro atoms. The van der Waals surface area contributed by atoms with Gasteiger partial charge in [0, 0.05) is 17.8 Å². The van der Waals surface area contributed by atoms with Crippen molar-refractivity contribution in [2.75, 3.05) is 11.4 Å². The van der Waals surface area contributed by atoms with Gasteiger partial charge in [-0.25, -0.2) is 0 Å². The van der Waals surface area contributed by atoms with Gasteiger partial charge in [-0.15, -0.1) is 0 Å². The second-order valence-corrected chi connectivity index (χ2v) is 11.4. The van der Waals surface area contributed by atoms with Gasteiger partial charge in [0.05, 0.1) is 17.1 Å². The van der Waals surface area contributed by atoms with E-state index < -0.39 is 0 Å². The Morgan fingerprint density at radius 1 is 0.816 bits per heavy atom. The summed E-state index contributed by atoms with van der Waals surface area (Å²) in [5.74, 6) is -0.156. The van der Waals surface area contributed by atoms with Gasteiger partial charge < -0.3 is 9.47 Å². The molecule has 0 saturated heterocycles. The topological polar surface area (TPSA) is 45.6 Å². The molecule has 1 saturated carbocycles. The number of benzene rings is 3. The van der Waals surface area contributed by atoms with Crippen LogP contribution >= 0.6 is 0 Å². The Balaban J connectivity index is 1.36. The normalized spacial score (nSPS) is 16.5. The Kier molecular flexibility index (Phi) is 5.94. The summed E-state index contributed by atoms with van der Waals surface area (Å²) < 4.78 is 2.16. The highest BCUT2D eigenvalue weighted by Gasteiger charge is 2.40. The van der Waals surface area contributed by atoms with Gasteiger partial charge in [0.1, 0.15) is 12.6 Å². The molecule has 2 aliphatic rings. The minimum Gasteiger partial charge on any atom is -0.326 e. The van der Waals surface area contributed by atoms with Gasteiger partial charge in [0.2, 0.25) is 5.91 Å². The summed E-state index contributed by atoms with van der Waals surface area (Å²) in [5.41, 5.74) is 5.72. The molecule has 1 aromatic heterocycles. The second-order valence-electron chi connectivity index (χ2n) is 11.4. The molecule has 38 heavy (non-hydrogen) atoms. The molecule has 1 atom stereocenters. The summed E-state index contributed by atoms with van der Waals surface area (Å²) in [6.07, 6.45) is 3.91. The summed E-state index contributed by atoms with van der Waals surface area (Å²) in [7, 11) is 0.